The summed E-state index contributed by atoms with van der Waals surface area (Å²) in [7, 11) is 0. The molecule has 0 aliphatic carbocycles. The zero-order chi connectivity index (χ0) is 8.97. The van der Waals surface area contributed by atoms with Crippen molar-refractivity contribution in [2.45, 2.75) is 13.8 Å². The molecular formula is C9H13IN2. The Bertz CT molecular complexity index is 246. The van der Waals surface area contributed by atoms with E-state index in [0.717, 1.165) is 18.9 Å². The van der Waals surface area contributed by atoms with Crippen molar-refractivity contribution in [1.82, 2.24) is 4.98 Å². The minimum absolute atomic E-state index is 1.02. The largest absolute Gasteiger partial charge is 0.357 e. The van der Waals surface area contributed by atoms with E-state index in [2.05, 4.69) is 52.4 Å². The van der Waals surface area contributed by atoms with Crippen molar-refractivity contribution in [1.29, 1.82) is 0 Å². The third-order valence-corrected chi connectivity index (χ3v) is 2.47. The SMILES string of the molecule is CCN(CC)c1cc(I)ccn1. The van der Waals surface area contributed by atoms with Crippen LogP contribution >= 0.6 is 22.6 Å². The summed E-state index contributed by atoms with van der Waals surface area (Å²) in [6, 6.07) is 4.11. The summed E-state index contributed by atoms with van der Waals surface area (Å²) in [6.07, 6.45) is 1.86. The summed E-state index contributed by atoms with van der Waals surface area (Å²) in [5, 5.41) is 0. The molecule has 1 aromatic rings. The van der Waals surface area contributed by atoms with Crippen molar-refractivity contribution < 1.29 is 0 Å². The van der Waals surface area contributed by atoms with E-state index in [9.17, 15) is 0 Å². The Morgan fingerprint density at radius 1 is 1.42 bits per heavy atom. The first-order valence-electron chi connectivity index (χ1n) is 4.14. The maximum absolute atomic E-state index is 4.30. The first kappa shape index (κ1) is 9.77. The second-order valence-corrected chi connectivity index (χ2v) is 3.75. The van der Waals surface area contributed by atoms with Crippen molar-refractivity contribution in [2.75, 3.05) is 18.0 Å². The van der Waals surface area contributed by atoms with Crippen molar-refractivity contribution in [3.05, 3.63) is 21.9 Å². The molecule has 1 heterocycles. The monoisotopic (exact) mass is 276 g/mol. The van der Waals surface area contributed by atoms with E-state index in [0.29, 0.717) is 0 Å². The van der Waals surface area contributed by atoms with Crippen molar-refractivity contribution in [3.63, 3.8) is 0 Å². The molecule has 0 aliphatic rings. The highest BCUT2D eigenvalue weighted by molar-refractivity contribution is 14.1. The van der Waals surface area contributed by atoms with Crippen LogP contribution in [0.25, 0.3) is 0 Å². The molecule has 0 fully saturated rings. The molecule has 1 rings (SSSR count). The third kappa shape index (κ3) is 2.33. The Balaban J connectivity index is 2.85. The molecule has 0 saturated carbocycles. The quantitative estimate of drug-likeness (QED) is 0.789. The molecule has 3 heteroatoms. The van der Waals surface area contributed by atoms with Crippen LogP contribution in [0.15, 0.2) is 18.3 Å². The Kier molecular flexibility index (Phi) is 3.78. The Labute approximate surface area is 87.1 Å². The van der Waals surface area contributed by atoms with E-state index in [4.69, 9.17) is 0 Å². The minimum Gasteiger partial charge on any atom is -0.357 e. The number of nitrogens with zero attached hydrogens (tertiary/aromatic N) is 2. The van der Waals surface area contributed by atoms with Gasteiger partial charge in [0.2, 0.25) is 0 Å². The molecule has 2 nitrogen and oxygen atoms in total. The van der Waals surface area contributed by atoms with Crippen molar-refractivity contribution in [3.8, 4) is 0 Å². The number of pyridine rings is 1. The Morgan fingerprint density at radius 2 is 2.08 bits per heavy atom. The Hall–Kier alpha value is -0.320. The van der Waals surface area contributed by atoms with Gasteiger partial charge >= 0.3 is 0 Å². The van der Waals surface area contributed by atoms with Gasteiger partial charge in [0.25, 0.3) is 0 Å². The zero-order valence-electron chi connectivity index (χ0n) is 7.42. The summed E-state index contributed by atoms with van der Waals surface area (Å²) in [6.45, 7) is 6.32. The lowest BCUT2D eigenvalue weighted by Crippen LogP contribution is -2.22. The summed E-state index contributed by atoms with van der Waals surface area (Å²) in [5.74, 6) is 1.08. The van der Waals surface area contributed by atoms with Gasteiger partial charge in [0, 0.05) is 22.9 Å². The molecule has 1 aromatic heterocycles. The fourth-order valence-corrected chi connectivity index (χ4v) is 1.55. The molecule has 0 unspecified atom stereocenters. The molecule has 0 bridgehead atoms. The summed E-state index contributed by atoms with van der Waals surface area (Å²) >= 11 is 2.30. The van der Waals surface area contributed by atoms with Crippen LogP contribution in [0, 0.1) is 3.57 Å². The molecular weight excluding hydrogens is 263 g/mol. The maximum Gasteiger partial charge on any atom is 0.129 e. The number of rotatable bonds is 3. The molecule has 0 aliphatic heterocycles. The fraction of sp³-hybridized carbons (Fsp3) is 0.444. The summed E-state index contributed by atoms with van der Waals surface area (Å²) in [5.41, 5.74) is 0. The first-order chi connectivity index (χ1) is 5.77. The molecule has 0 spiro atoms. The van der Waals surface area contributed by atoms with Crippen LogP contribution in [0.1, 0.15) is 13.8 Å². The van der Waals surface area contributed by atoms with Crippen LogP contribution in [0.4, 0.5) is 5.82 Å². The highest BCUT2D eigenvalue weighted by Crippen LogP contribution is 2.13. The van der Waals surface area contributed by atoms with Crippen LogP contribution in [-0.2, 0) is 0 Å². The number of hydrogen-bond acceptors (Lipinski definition) is 2. The van der Waals surface area contributed by atoms with Crippen LogP contribution in [0.2, 0.25) is 0 Å². The standard InChI is InChI=1S/C9H13IN2/c1-3-12(4-2)9-7-8(10)5-6-11-9/h5-7H,3-4H2,1-2H3. The van der Waals surface area contributed by atoms with Gasteiger partial charge in [-0.25, -0.2) is 4.98 Å². The summed E-state index contributed by atoms with van der Waals surface area (Å²) < 4.78 is 1.24. The second kappa shape index (κ2) is 4.64. The van der Waals surface area contributed by atoms with E-state index in [1.54, 1.807) is 0 Å². The summed E-state index contributed by atoms with van der Waals surface area (Å²) in [4.78, 5) is 6.54. The van der Waals surface area contributed by atoms with E-state index in [1.165, 1.54) is 3.57 Å². The van der Waals surface area contributed by atoms with E-state index in [-0.39, 0.29) is 0 Å². The zero-order valence-corrected chi connectivity index (χ0v) is 9.58. The normalized spacial score (nSPS) is 9.92. The van der Waals surface area contributed by atoms with Gasteiger partial charge in [0.1, 0.15) is 5.82 Å². The van der Waals surface area contributed by atoms with Gasteiger partial charge in [-0.3, -0.25) is 0 Å². The van der Waals surface area contributed by atoms with E-state index in [1.807, 2.05) is 12.3 Å². The van der Waals surface area contributed by atoms with Crippen LogP contribution in [0.5, 0.6) is 0 Å². The smallest absolute Gasteiger partial charge is 0.129 e. The average Bonchev–Trinajstić information content (AvgIpc) is 2.07. The predicted molar refractivity (Wildman–Crippen MR) is 60.5 cm³/mol. The third-order valence-electron chi connectivity index (χ3n) is 1.79. The molecule has 0 aromatic carbocycles. The minimum atomic E-state index is 1.02. The lowest BCUT2D eigenvalue weighted by atomic mass is 10.4. The maximum atomic E-state index is 4.30. The molecule has 0 N–H and O–H groups in total. The average molecular weight is 276 g/mol. The molecule has 0 radical (unpaired) electrons. The molecule has 0 amide bonds. The van der Waals surface area contributed by atoms with Gasteiger partial charge in [0.05, 0.1) is 0 Å². The lowest BCUT2D eigenvalue weighted by molar-refractivity contribution is 0.845. The van der Waals surface area contributed by atoms with Crippen LogP contribution < -0.4 is 4.90 Å². The highest BCUT2D eigenvalue weighted by atomic mass is 127. The van der Waals surface area contributed by atoms with Gasteiger partial charge < -0.3 is 4.90 Å². The number of aromatic nitrogens is 1. The van der Waals surface area contributed by atoms with Gasteiger partial charge in [-0.15, -0.1) is 0 Å². The highest BCUT2D eigenvalue weighted by Gasteiger charge is 2.01. The number of anilines is 1. The van der Waals surface area contributed by atoms with Crippen LogP contribution in [-0.4, -0.2) is 18.1 Å². The topological polar surface area (TPSA) is 16.1 Å². The number of hydrogen-bond donors (Lipinski definition) is 0. The lowest BCUT2D eigenvalue weighted by Gasteiger charge is -2.19. The number of halogens is 1. The fourth-order valence-electron chi connectivity index (χ4n) is 1.11. The van der Waals surface area contributed by atoms with Crippen LogP contribution in [0.3, 0.4) is 0 Å². The van der Waals surface area contributed by atoms with E-state index < -0.39 is 0 Å². The molecule has 0 saturated heterocycles. The van der Waals surface area contributed by atoms with Gasteiger partial charge in [-0.2, -0.15) is 0 Å². The van der Waals surface area contributed by atoms with Gasteiger partial charge in [-0.05, 0) is 48.6 Å². The van der Waals surface area contributed by atoms with Crippen molar-refractivity contribution in [2.24, 2.45) is 0 Å². The predicted octanol–water partition coefficient (Wildman–Crippen LogP) is 2.53. The molecule has 0 atom stereocenters. The van der Waals surface area contributed by atoms with Crippen molar-refractivity contribution >= 4 is 28.4 Å². The van der Waals surface area contributed by atoms with Gasteiger partial charge in [-0.1, -0.05) is 0 Å². The van der Waals surface area contributed by atoms with Gasteiger partial charge in [0.15, 0.2) is 0 Å². The second-order valence-electron chi connectivity index (χ2n) is 2.50. The Morgan fingerprint density at radius 3 is 2.58 bits per heavy atom. The van der Waals surface area contributed by atoms with E-state index >= 15 is 0 Å². The molecule has 66 valence electrons. The first-order valence-corrected chi connectivity index (χ1v) is 5.22. The molecule has 12 heavy (non-hydrogen) atoms.